The third kappa shape index (κ3) is 3.94. The summed E-state index contributed by atoms with van der Waals surface area (Å²) in [6.07, 6.45) is 2.52. The molecule has 0 spiro atoms. The van der Waals surface area contributed by atoms with Gasteiger partial charge in [0.25, 0.3) is 5.91 Å². The first-order chi connectivity index (χ1) is 12.0. The Morgan fingerprint density at radius 2 is 1.76 bits per heavy atom. The number of hydrogen-bond donors (Lipinski definition) is 1. The maximum Gasteiger partial charge on any atom is 0.255 e. The fourth-order valence-electron chi connectivity index (χ4n) is 2.89. The van der Waals surface area contributed by atoms with Crippen molar-refractivity contribution in [2.24, 2.45) is 0 Å². The minimum absolute atomic E-state index is 0.0494. The molecule has 0 bridgehead atoms. The lowest BCUT2D eigenvalue weighted by Crippen LogP contribution is -2.35. The quantitative estimate of drug-likeness (QED) is 0.867. The second kappa shape index (κ2) is 7.30. The lowest BCUT2D eigenvalue weighted by atomic mass is 10.1. The van der Waals surface area contributed by atoms with E-state index in [2.05, 4.69) is 5.32 Å². The van der Waals surface area contributed by atoms with Gasteiger partial charge in [-0.15, -0.1) is 0 Å². The minimum Gasteiger partial charge on any atom is -0.322 e. The number of hydrogen-bond acceptors (Lipinski definition) is 3. The van der Waals surface area contributed by atoms with Crippen LogP contribution < -0.4 is 10.2 Å². The Balaban J connectivity index is 1.71. The van der Waals surface area contributed by atoms with Crippen LogP contribution in [0.1, 0.15) is 46.9 Å². The molecular formula is C20H20N2O3. The highest BCUT2D eigenvalue weighted by molar-refractivity contribution is 6.05. The van der Waals surface area contributed by atoms with Crippen molar-refractivity contribution in [2.45, 2.75) is 26.2 Å². The monoisotopic (exact) mass is 336 g/mol. The van der Waals surface area contributed by atoms with Crippen LogP contribution in [0.5, 0.6) is 0 Å². The molecule has 0 aromatic heterocycles. The van der Waals surface area contributed by atoms with E-state index >= 15 is 0 Å². The van der Waals surface area contributed by atoms with Crippen LogP contribution in [0, 0.1) is 0 Å². The van der Waals surface area contributed by atoms with Gasteiger partial charge in [-0.3, -0.25) is 14.4 Å². The third-order valence-electron chi connectivity index (χ3n) is 4.29. The van der Waals surface area contributed by atoms with Gasteiger partial charge in [0.1, 0.15) is 0 Å². The van der Waals surface area contributed by atoms with Crippen LogP contribution in [0.4, 0.5) is 11.4 Å². The van der Waals surface area contributed by atoms with Crippen molar-refractivity contribution < 1.29 is 14.4 Å². The van der Waals surface area contributed by atoms with Crippen molar-refractivity contribution in [1.82, 2.24) is 0 Å². The van der Waals surface area contributed by atoms with Crippen molar-refractivity contribution in [1.29, 1.82) is 0 Å². The van der Waals surface area contributed by atoms with Gasteiger partial charge in [-0.2, -0.15) is 0 Å². The molecule has 3 rings (SSSR count). The summed E-state index contributed by atoms with van der Waals surface area (Å²) in [5.74, 6) is -0.173. The molecular weight excluding hydrogens is 316 g/mol. The highest BCUT2D eigenvalue weighted by Gasteiger charge is 2.19. The topological polar surface area (TPSA) is 66.5 Å². The third-order valence-corrected chi connectivity index (χ3v) is 4.29. The molecule has 0 unspecified atom stereocenters. The van der Waals surface area contributed by atoms with E-state index in [0.29, 0.717) is 23.2 Å². The lowest BCUT2D eigenvalue weighted by Gasteiger charge is -2.26. The highest BCUT2D eigenvalue weighted by Crippen LogP contribution is 2.22. The smallest absolute Gasteiger partial charge is 0.255 e. The fourth-order valence-corrected chi connectivity index (χ4v) is 2.89. The molecule has 0 radical (unpaired) electrons. The number of nitrogens with one attached hydrogen (secondary N) is 1. The number of benzene rings is 2. The Kier molecular flexibility index (Phi) is 4.93. The van der Waals surface area contributed by atoms with Crippen LogP contribution in [0.25, 0.3) is 0 Å². The molecule has 0 atom stereocenters. The SMILES string of the molecule is CC(=O)c1cccc(NC(=O)c2ccc(N3CCCCC3=O)cc2)c1. The van der Waals surface area contributed by atoms with Gasteiger partial charge in [-0.1, -0.05) is 12.1 Å². The maximum absolute atomic E-state index is 12.4. The summed E-state index contributed by atoms with van der Waals surface area (Å²) in [6.45, 7) is 2.21. The number of anilines is 2. The van der Waals surface area contributed by atoms with Crippen LogP contribution in [-0.4, -0.2) is 24.1 Å². The number of nitrogens with zero attached hydrogens (tertiary/aromatic N) is 1. The van der Waals surface area contributed by atoms with Gasteiger partial charge in [-0.05, 0) is 56.2 Å². The summed E-state index contributed by atoms with van der Waals surface area (Å²) in [6, 6.07) is 13.9. The first-order valence-electron chi connectivity index (χ1n) is 8.37. The number of Topliss-reactive ketones (excluding diaryl/α,β-unsaturated/α-hetero) is 1. The van der Waals surface area contributed by atoms with E-state index in [1.165, 1.54) is 6.92 Å². The average Bonchev–Trinajstić information content (AvgIpc) is 2.62. The van der Waals surface area contributed by atoms with Crippen LogP contribution in [0.2, 0.25) is 0 Å². The standard InChI is InChI=1S/C20H20N2O3/c1-14(23)16-5-4-6-17(13-16)21-20(25)15-8-10-18(11-9-15)22-12-3-2-7-19(22)24/h4-6,8-11,13H,2-3,7,12H2,1H3,(H,21,25). The highest BCUT2D eigenvalue weighted by atomic mass is 16.2. The fraction of sp³-hybridized carbons (Fsp3) is 0.250. The predicted octanol–water partition coefficient (Wildman–Crippen LogP) is 3.66. The van der Waals surface area contributed by atoms with Gasteiger partial charge in [-0.25, -0.2) is 0 Å². The molecule has 128 valence electrons. The molecule has 1 saturated heterocycles. The molecule has 1 fully saturated rings. The molecule has 2 aromatic carbocycles. The summed E-state index contributed by atoms with van der Waals surface area (Å²) in [5.41, 5.74) is 2.45. The summed E-state index contributed by atoms with van der Waals surface area (Å²) in [4.78, 5) is 37.5. The second-order valence-corrected chi connectivity index (χ2v) is 6.14. The van der Waals surface area contributed by atoms with Crippen LogP contribution in [-0.2, 0) is 4.79 Å². The molecule has 0 aliphatic carbocycles. The second-order valence-electron chi connectivity index (χ2n) is 6.14. The largest absolute Gasteiger partial charge is 0.322 e. The summed E-state index contributed by atoms with van der Waals surface area (Å²) in [7, 11) is 0. The summed E-state index contributed by atoms with van der Waals surface area (Å²) in [5, 5.41) is 2.79. The Morgan fingerprint density at radius 3 is 2.44 bits per heavy atom. The van der Waals surface area contributed by atoms with Crippen LogP contribution >= 0.6 is 0 Å². The van der Waals surface area contributed by atoms with Crippen molar-refractivity contribution in [3.05, 3.63) is 59.7 Å². The first kappa shape index (κ1) is 16.9. The van der Waals surface area contributed by atoms with Crippen molar-refractivity contribution >= 4 is 29.0 Å². The molecule has 5 nitrogen and oxygen atoms in total. The first-order valence-corrected chi connectivity index (χ1v) is 8.37. The van der Waals surface area contributed by atoms with Gasteiger partial charge in [0.2, 0.25) is 5.91 Å². The lowest BCUT2D eigenvalue weighted by molar-refractivity contribution is -0.119. The molecule has 1 N–H and O–H groups in total. The molecule has 1 aliphatic heterocycles. The van der Waals surface area contributed by atoms with E-state index in [4.69, 9.17) is 0 Å². The van der Waals surface area contributed by atoms with Gasteiger partial charge in [0.05, 0.1) is 0 Å². The molecule has 5 heteroatoms. The van der Waals surface area contributed by atoms with Crippen LogP contribution in [0.3, 0.4) is 0 Å². The Hall–Kier alpha value is -2.95. The van der Waals surface area contributed by atoms with Gasteiger partial charge in [0.15, 0.2) is 5.78 Å². The van der Waals surface area contributed by atoms with E-state index in [0.717, 1.165) is 25.1 Å². The van der Waals surface area contributed by atoms with Crippen molar-refractivity contribution in [3.8, 4) is 0 Å². The Bertz CT molecular complexity index is 812. The molecule has 1 aliphatic rings. The van der Waals surface area contributed by atoms with E-state index in [1.54, 1.807) is 53.4 Å². The Morgan fingerprint density at radius 1 is 1.00 bits per heavy atom. The minimum atomic E-state index is -0.253. The summed E-state index contributed by atoms with van der Waals surface area (Å²) >= 11 is 0. The molecule has 25 heavy (non-hydrogen) atoms. The average molecular weight is 336 g/mol. The van der Waals surface area contributed by atoms with Gasteiger partial charge >= 0.3 is 0 Å². The molecule has 2 aromatic rings. The number of rotatable bonds is 4. The van der Waals surface area contributed by atoms with Crippen LogP contribution in [0.15, 0.2) is 48.5 Å². The van der Waals surface area contributed by atoms with Crippen molar-refractivity contribution in [2.75, 3.05) is 16.8 Å². The normalized spacial score (nSPS) is 14.3. The zero-order chi connectivity index (χ0) is 17.8. The zero-order valence-electron chi connectivity index (χ0n) is 14.1. The number of carbonyl (C=O) groups excluding carboxylic acids is 3. The van der Waals surface area contributed by atoms with E-state index in [1.807, 2.05) is 0 Å². The van der Waals surface area contributed by atoms with E-state index in [-0.39, 0.29) is 17.6 Å². The molecule has 2 amide bonds. The predicted molar refractivity (Wildman–Crippen MR) is 97.0 cm³/mol. The van der Waals surface area contributed by atoms with E-state index in [9.17, 15) is 14.4 Å². The number of piperidine rings is 1. The zero-order valence-corrected chi connectivity index (χ0v) is 14.1. The number of ketones is 1. The number of carbonyl (C=O) groups is 3. The molecule has 1 heterocycles. The maximum atomic E-state index is 12.4. The van der Waals surface area contributed by atoms with Crippen molar-refractivity contribution in [3.63, 3.8) is 0 Å². The van der Waals surface area contributed by atoms with Gasteiger partial charge in [0, 0.05) is 35.5 Å². The molecule has 0 saturated carbocycles. The summed E-state index contributed by atoms with van der Waals surface area (Å²) < 4.78 is 0. The number of amides is 2. The Labute approximate surface area is 146 Å². The van der Waals surface area contributed by atoms with Gasteiger partial charge < -0.3 is 10.2 Å². The van der Waals surface area contributed by atoms with E-state index < -0.39 is 0 Å².